The summed E-state index contributed by atoms with van der Waals surface area (Å²) in [5.74, 6) is 0. The van der Waals surface area contributed by atoms with Gasteiger partial charge in [-0.05, 0) is 51.4 Å². The van der Waals surface area contributed by atoms with Crippen molar-refractivity contribution >= 4 is 16.5 Å². The van der Waals surface area contributed by atoms with Crippen molar-refractivity contribution in [1.82, 2.24) is 0 Å². The number of ether oxygens (including phenoxy) is 4. The van der Waals surface area contributed by atoms with Crippen LogP contribution in [0.4, 0.5) is 0 Å². The van der Waals surface area contributed by atoms with Crippen LogP contribution in [0, 0.1) is 23.0 Å². The van der Waals surface area contributed by atoms with Gasteiger partial charge in [0.1, 0.15) is 0 Å². The molecule has 0 radical (unpaired) electrons. The third kappa shape index (κ3) is 29.4. The maximum atomic E-state index is 4.94. The smallest absolute Gasteiger partial charge is 0.658 e. The molecule has 6 rings (SSSR count). The van der Waals surface area contributed by atoms with Gasteiger partial charge in [-0.15, -0.1) is 11.1 Å². The van der Waals surface area contributed by atoms with Gasteiger partial charge >= 0.3 is 75.4 Å². The first kappa shape index (κ1) is 58.8. The molecular weight excluding hydrogens is 632 g/mol. The van der Waals surface area contributed by atoms with Gasteiger partial charge in [-0.3, -0.25) is 0 Å². The van der Waals surface area contributed by atoms with Gasteiger partial charge in [-0.2, -0.15) is 10.8 Å². The number of rotatable bonds is 4. The SMILES string of the molecule is C1CCOC1.C1CCOC1.C1CCOC1.C1CCOC1.CC(C)(C)[N-][Si](C)(C)C1=[C-]C1(C)C.CC(C)(C)[N-][Si](C)(C)C1=[C-]C1(C)C.[Li+].[Li+].[Li+].[Li+]. The van der Waals surface area contributed by atoms with E-state index in [0.29, 0.717) is 0 Å². The second kappa shape index (κ2) is 27.6. The summed E-state index contributed by atoms with van der Waals surface area (Å²) >= 11 is 0. The van der Waals surface area contributed by atoms with Crippen LogP contribution < -0.4 is 75.4 Å². The molecule has 0 bridgehead atoms. The fourth-order valence-corrected chi connectivity index (χ4v) is 14.1. The molecule has 0 aromatic heterocycles. The van der Waals surface area contributed by atoms with Gasteiger partial charge in [0.05, 0.1) is 0 Å². The maximum Gasteiger partial charge on any atom is 1.00 e. The monoisotopic (exact) mass is 707 g/mol. The van der Waals surface area contributed by atoms with E-state index in [1.54, 1.807) is 0 Å². The molecule has 0 atom stereocenters. The van der Waals surface area contributed by atoms with Crippen molar-refractivity contribution in [3.8, 4) is 0 Å². The van der Waals surface area contributed by atoms with Crippen molar-refractivity contribution in [3.05, 3.63) is 32.5 Å². The van der Waals surface area contributed by atoms with E-state index in [4.69, 9.17) is 28.9 Å². The minimum atomic E-state index is -1.51. The van der Waals surface area contributed by atoms with Gasteiger partial charge in [0, 0.05) is 52.9 Å². The van der Waals surface area contributed by atoms with Crippen molar-refractivity contribution < 1.29 is 94.4 Å². The van der Waals surface area contributed by atoms with E-state index in [2.05, 4.69) is 108 Å². The Labute approximate surface area is 362 Å². The summed E-state index contributed by atoms with van der Waals surface area (Å²) in [5, 5.41) is 2.99. The molecular formula is C38H74Li4N2O4Si2. The van der Waals surface area contributed by atoms with Gasteiger partial charge in [0.2, 0.25) is 0 Å². The normalized spacial score (nSPS) is 20.7. The molecule has 12 heteroatoms. The van der Waals surface area contributed by atoms with E-state index < -0.39 is 16.5 Å². The summed E-state index contributed by atoms with van der Waals surface area (Å²) in [7, 11) is -3.02. The molecule has 0 saturated carbocycles. The summed E-state index contributed by atoms with van der Waals surface area (Å²) in [6, 6.07) is 0. The number of nitrogens with zero attached hydrogens (tertiary/aromatic N) is 2. The van der Waals surface area contributed by atoms with E-state index in [-0.39, 0.29) is 97.4 Å². The molecule has 4 aliphatic heterocycles. The predicted molar refractivity (Wildman–Crippen MR) is 202 cm³/mol. The van der Waals surface area contributed by atoms with Crippen molar-refractivity contribution in [2.24, 2.45) is 10.8 Å². The van der Waals surface area contributed by atoms with Crippen LogP contribution >= 0.6 is 0 Å². The third-order valence-electron chi connectivity index (χ3n) is 7.76. The zero-order chi connectivity index (χ0) is 35.1. The second-order valence-corrected chi connectivity index (χ2v) is 24.9. The Balaban J connectivity index is -0.000000264. The number of allylic oxidation sites excluding steroid dienone is 4. The summed E-state index contributed by atoms with van der Waals surface area (Å²) in [6.45, 7) is 39.3. The van der Waals surface area contributed by atoms with Crippen LogP contribution in [-0.2, 0) is 18.9 Å². The van der Waals surface area contributed by atoms with Crippen LogP contribution in [-0.4, -0.2) is 80.4 Å². The predicted octanol–water partition coefficient (Wildman–Crippen LogP) is -1.45. The topological polar surface area (TPSA) is 65.1 Å². The maximum absolute atomic E-state index is 4.94. The molecule has 2 aliphatic carbocycles. The average Bonchev–Trinajstić information content (AvgIpc) is 3.56. The summed E-state index contributed by atoms with van der Waals surface area (Å²) in [4.78, 5) is 9.88. The van der Waals surface area contributed by atoms with E-state index >= 15 is 0 Å². The molecule has 4 saturated heterocycles. The molecule has 6 aliphatic rings. The number of hydrogen-bond acceptors (Lipinski definition) is 4. The van der Waals surface area contributed by atoms with Crippen LogP contribution in [0.5, 0.6) is 0 Å². The first-order chi connectivity index (χ1) is 21.1. The Hall–Kier alpha value is 2.06. The minimum Gasteiger partial charge on any atom is -0.658 e. The Morgan fingerprint density at radius 1 is 0.440 bits per heavy atom. The minimum absolute atomic E-state index is 0. The van der Waals surface area contributed by atoms with Crippen molar-refractivity contribution in [3.63, 3.8) is 0 Å². The first-order valence-corrected chi connectivity index (χ1v) is 24.1. The molecule has 0 N–H and O–H groups in total. The van der Waals surface area contributed by atoms with Crippen molar-refractivity contribution in [1.29, 1.82) is 0 Å². The van der Waals surface area contributed by atoms with Gasteiger partial charge < -0.3 is 51.5 Å². The van der Waals surface area contributed by atoms with Crippen LogP contribution in [0.3, 0.4) is 0 Å². The van der Waals surface area contributed by atoms with Crippen molar-refractivity contribution in [2.45, 2.75) is 158 Å². The second-order valence-electron chi connectivity index (χ2n) is 17.2. The summed E-state index contributed by atoms with van der Waals surface area (Å²) in [6.07, 6.45) is 17.1. The quantitative estimate of drug-likeness (QED) is 0.266. The summed E-state index contributed by atoms with van der Waals surface area (Å²) < 4.78 is 19.8. The molecule has 0 amide bonds. The zero-order valence-electron chi connectivity index (χ0n) is 36.8. The molecule has 0 aromatic carbocycles. The van der Waals surface area contributed by atoms with E-state index in [0.717, 1.165) is 52.9 Å². The van der Waals surface area contributed by atoms with Crippen LogP contribution in [0.15, 0.2) is 10.4 Å². The van der Waals surface area contributed by atoms with E-state index in [1.165, 1.54) is 61.8 Å². The average molecular weight is 707 g/mol. The van der Waals surface area contributed by atoms with E-state index in [1.807, 2.05) is 0 Å². The van der Waals surface area contributed by atoms with E-state index in [9.17, 15) is 0 Å². The molecule has 6 nitrogen and oxygen atoms in total. The van der Waals surface area contributed by atoms with Crippen LogP contribution in [0.2, 0.25) is 26.2 Å². The zero-order valence-corrected chi connectivity index (χ0v) is 38.8. The van der Waals surface area contributed by atoms with Gasteiger partial charge in [-0.1, -0.05) is 112 Å². The standard InChI is InChI=1S/2C11H21NSi.4C4H8O.4Li/c2*1-10(2,3)12-13(6,7)9-8-11(9,4)5;4*1-2-4-5-3-1;;;;/h2*1-7H3;4*1-4H2;;;;/q2*-2;;;;;4*+1. The fourth-order valence-electron chi connectivity index (χ4n) is 6.23. The number of hydrogen-bond donors (Lipinski definition) is 0. The molecule has 0 aromatic rings. The third-order valence-corrected chi connectivity index (χ3v) is 14.2. The van der Waals surface area contributed by atoms with Crippen LogP contribution in [0.1, 0.15) is 121 Å². The van der Waals surface area contributed by atoms with Crippen LogP contribution in [0.25, 0.3) is 9.96 Å². The van der Waals surface area contributed by atoms with Crippen molar-refractivity contribution in [2.75, 3.05) is 52.9 Å². The first-order valence-electron chi connectivity index (χ1n) is 18.2. The molecule has 50 heavy (non-hydrogen) atoms. The molecule has 0 spiro atoms. The molecule has 4 heterocycles. The Kier molecular flexibility index (Phi) is 32.5. The molecule has 272 valence electrons. The Bertz CT molecular complexity index is 794. The van der Waals surface area contributed by atoms with Gasteiger partial charge in [-0.25, -0.2) is 0 Å². The fraction of sp³-hybridized carbons (Fsp3) is 0.895. The van der Waals surface area contributed by atoms with Gasteiger partial charge in [0.15, 0.2) is 0 Å². The molecule has 4 fully saturated rings. The Morgan fingerprint density at radius 3 is 0.680 bits per heavy atom. The summed E-state index contributed by atoms with van der Waals surface area (Å²) in [5.41, 5.74) is 0.709. The largest absolute Gasteiger partial charge is 1.00 e. The van der Waals surface area contributed by atoms with Gasteiger partial charge in [0.25, 0.3) is 0 Å². The molecule has 0 unspecified atom stereocenters. The Morgan fingerprint density at radius 2 is 0.600 bits per heavy atom.